The van der Waals surface area contributed by atoms with E-state index in [-0.39, 0.29) is 35.1 Å². The van der Waals surface area contributed by atoms with Crippen molar-refractivity contribution in [2.75, 3.05) is 30.2 Å². The molecule has 4 aromatic heterocycles. The number of rotatable bonds is 10. The third-order valence-corrected chi connectivity index (χ3v) is 13.1. The average molecular weight is 1150 g/mol. The Morgan fingerprint density at radius 2 is 1.18 bits per heavy atom. The van der Waals surface area contributed by atoms with Crippen molar-refractivity contribution in [3.8, 4) is 22.6 Å². The van der Waals surface area contributed by atoms with Crippen LogP contribution in [0.2, 0.25) is 0 Å². The van der Waals surface area contributed by atoms with Crippen LogP contribution in [0.15, 0.2) is 139 Å². The smallest absolute Gasteiger partial charge is 0.494 e. The number of hydrogen-bond donors (Lipinski definition) is 2. The van der Waals surface area contributed by atoms with Gasteiger partial charge in [0.05, 0.1) is 42.6 Å². The number of methoxy groups -OCH3 is 2. The van der Waals surface area contributed by atoms with E-state index in [4.69, 9.17) is 34.0 Å². The number of imide groups is 1. The second-order valence-electron chi connectivity index (χ2n) is 21.1. The summed E-state index contributed by atoms with van der Waals surface area (Å²) in [5.41, 5.74) is 9.43. The summed E-state index contributed by atoms with van der Waals surface area (Å²) in [4.78, 5) is 76.4. The van der Waals surface area contributed by atoms with E-state index in [0.717, 1.165) is 32.6 Å². The molecule has 1 aliphatic heterocycles. The van der Waals surface area contributed by atoms with E-state index in [0.29, 0.717) is 55.2 Å². The van der Waals surface area contributed by atoms with Gasteiger partial charge >= 0.3 is 19.3 Å². The number of anilines is 3. The number of pyridine rings is 2. The molecular weight excluding hydrogens is 1090 g/mol. The minimum absolute atomic E-state index is 0.0210. The molecule has 21 heteroatoms. The standard InChI is InChI=1S/C22H18N4O2.C19H24BrN3O5.C18H21BN2O3/c1-28-19-10-9-17(20-21(19)25-13-26-22(20)23)14-5-7-15(8-6-14)18(27)12-16-4-2-3-11-24-16;1-18(2,3)27-16(24)23(17(25)28-19(4,5)6)15-13-11(20)8-9-12(26-7)14(13)21-10-22-15;1-17(2)18(3,4)24-19(23-17)14-10-8-13(9-11-14)16(22)21-15-7-5-6-12-20-15/h2-11,13H,12H2,1H3,(H2,23,25,26);8-10H,1-7H3;5-12H,1-4H3,(H,20,21,22). The Labute approximate surface area is 473 Å². The highest BCUT2D eigenvalue weighted by Crippen LogP contribution is 2.39. The fourth-order valence-corrected chi connectivity index (χ4v) is 8.37. The summed E-state index contributed by atoms with van der Waals surface area (Å²) < 4.78 is 34.2. The first-order valence-corrected chi connectivity index (χ1v) is 26.1. The molecule has 3 N–H and O–H groups in total. The third kappa shape index (κ3) is 14.4. The summed E-state index contributed by atoms with van der Waals surface area (Å²) in [5, 5.41) is 3.91. The molecule has 80 heavy (non-hydrogen) atoms. The normalized spacial score (nSPS) is 13.4. The molecule has 0 bridgehead atoms. The number of nitrogens with one attached hydrogen (secondary N) is 1. The van der Waals surface area contributed by atoms with Crippen molar-refractivity contribution in [1.82, 2.24) is 29.9 Å². The predicted molar refractivity (Wildman–Crippen MR) is 311 cm³/mol. The number of fused-ring (bicyclic) bond motifs is 2. The summed E-state index contributed by atoms with van der Waals surface area (Å²) >= 11 is 3.43. The van der Waals surface area contributed by atoms with Crippen LogP contribution in [-0.2, 0) is 25.2 Å². The van der Waals surface area contributed by atoms with Gasteiger partial charge in [-0.3, -0.25) is 14.6 Å². The van der Waals surface area contributed by atoms with Gasteiger partial charge in [0.1, 0.15) is 58.0 Å². The lowest BCUT2D eigenvalue weighted by atomic mass is 9.79. The number of nitrogens with two attached hydrogens (primary N) is 1. The monoisotopic (exact) mass is 1150 g/mol. The van der Waals surface area contributed by atoms with E-state index in [1.165, 1.54) is 19.8 Å². The topological polar surface area (TPSA) is 242 Å². The van der Waals surface area contributed by atoms with E-state index < -0.39 is 30.5 Å². The van der Waals surface area contributed by atoms with Gasteiger partial charge in [-0.1, -0.05) is 48.5 Å². The molecule has 1 fully saturated rings. The molecule has 1 saturated heterocycles. The fraction of sp³-hybridized carbons (Fsp3) is 0.288. The van der Waals surface area contributed by atoms with Gasteiger partial charge in [0.2, 0.25) is 0 Å². The number of benzene rings is 4. The second kappa shape index (κ2) is 24.7. The number of halogens is 1. The number of carbonyl (C=O) groups excluding carboxylic acids is 4. The zero-order valence-electron chi connectivity index (χ0n) is 46.7. The third-order valence-electron chi connectivity index (χ3n) is 12.5. The number of hydrogen-bond acceptors (Lipinski definition) is 17. The summed E-state index contributed by atoms with van der Waals surface area (Å²) in [7, 11) is 2.67. The number of carbonyl (C=O) groups is 4. The van der Waals surface area contributed by atoms with Gasteiger partial charge in [-0.25, -0.2) is 34.5 Å². The van der Waals surface area contributed by atoms with Crippen LogP contribution >= 0.6 is 15.9 Å². The van der Waals surface area contributed by atoms with Crippen LogP contribution in [0.4, 0.5) is 27.0 Å². The summed E-state index contributed by atoms with van der Waals surface area (Å²) in [6.07, 6.45) is 4.45. The van der Waals surface area contributed by atoms with E-state index in [9.17, 15) is 19.2 Å². The number of ether oxygens (including phenoxy) is 4. The largest absolute Gasteiger partial charge is 0.494 e. The lowest BCUT2D eigenvalue weighted by Gasteiger charge is -2.32. The maximum absolute atomic E-state index is 12.9. The Balaban J connectivity index is 0.000000174. The summed E-state index contributed by atoms with van der Waals surface area (Å²) in [6.45, 7) is 18.3. The summed E-state index contributed by atoms with van der Waals surface area (Å²) in [5.74, 6) is 1.86. The molecule has 414 valence electrons. The highest BCUT2D eigenvalue weighted by atomic mass is 79.9. The van der Waals surface area contributed by atoms with Gasteiger partial charge < -0.3 is 39.3 Å². The maximum Gasteiger partial charge on any atom is 0.494 e. The minimum atomic E-state index is -0.906. The van der Waals surface area contributed by atoms with Gasteiger partial charge in [0.25, 0.3) is 5.91 Å². The van der Waals surface area contributed by atoms with Gasteiger partial charge in [0, 0.05) is 33.7 Å². The number of aromatic nitrogens is 6. The van der Waals surface area contributed by atoms with Crippen LogP contribution in [0.5, 0.6) is 11.5 Å². The van der Waals surface area contributed by atoms with Gasteiger partial charge in [-0.15, -0.1) is 0 Å². The predicted octanol–water partition coefficient (Wildman–Crippen LogP) is 11.4. The molecule has 0 saturated carbocycles. The molecule has 8 aromatic rings. The van der Waals surface area contributed by atoms with Crippen LogP contribution in [0, 0.1) is 0 Å². The van der Waals surface area contributed by atoms with Crippen molar-refractivity contribution >= 4 is 91.6 Å². The Kier molecular flexibility index (Phi) is 18.3. The zero-order valence-corrected chi connectivity index (χ0v) is 48.2. The van der Waals surface area contributed by atoms with Crippen molar-refractivity contribution in [2.45, 2.75) is 98.1 Å². The fourth-order valence-electron chi connectivity index (χ4n) is 7.87. The van der Waals surface area contributed by atoms with E-state index in [1.807, 2.05) is 100 Å². The van der Waals surface area contributed by atoms with E-state index in [1.54, 1.807) is 97.4 Å². The molecule has 0 unspecified atom stereocenters. The van der Waals surface area contributed by atoms with Crippen LogP contribution in [0.1, 0.15) is 95.6 Å². The minimum Gasteiger partial charge on any atom is -0.494 e. The first-order valence-electron chi connectivity index (χ1n) is 25.3. The highest BCUT2D eigenvalue weighted by molar-refractivity contribution is 9.10. The van der Waals surface area contributed by atoms with Crippen molar-refractivity contribution in [2.24, 2.45) is 0 Å². The number of ketones is 1. The molecule has 5 heterocycles. The van der Waals surface area contributed by atoms with Gasteiger partial charge in [-0.05, 0) is 162 Å². The maximum atomic E-state index is 12.9. The number of Topliss-reactive ketones (excluding diaryl/α,β-unsaturated/α-hetero) is 1. The van der Waals surface area contributed by atoms with Crippen molar-refractivity contribution in [1.29, 1.82) is 0 Å². The Bertz CT molecular complexity index is 3460. The Hall–Kier alpha value is -8.40. The number of nitrogens with zero attached hydrogens (tertiary/aromatic N) is 7. The van der Waals surface area contributed by atoms with Crippen molar-refractivity contribution < 1.29 is 47.4 Å². The van der Waals surface area contributed by atoms with Crippen LogP contribution in [0.3, 0.4) is 0 Å². The van der Waals surface area contributed by atoms with Crippen molar-refractivity contribution in [3.63, 3.8) is 0 Å². The van der Waals surface area contributed by atoms with E-state index in [2.05, 4.69) is 51.2 Å². The van der Waals surface area contributed by atoms with Crippen LogP contribution < -0.4 is 30.9 Å². The molecule has 0 spiro atoms. The molecule has 1 aliphatic rings. The average Bonchev–Trinajstić information content (AvgIpc) is 3.70. The molecule has 0 radical (unpaired) electrons. The van der Waals surface area contributed by atoms with Gasteiger partial charge in [-0.2, -0.15) is 4.90 Å². The Morgan fingerprint density at radius 1 is 0.637 bits per heavy atom. The SMILES string of the molecule is CC1(C)OB(c2ccc(C(=O)Nc3ccccn3)cc2)OC1(C)C.COc1ccc(-c2ccc(C(=O)Cc3ccccn3)cc2)c2c(N)ncnc12.COc1ccc(Br)c2c(N(C(=O)OC(C)(C)C)C(=O)OC(C)(C)C)ncnc12. The molecule has 0 atom stereocenters. The zero-order chi connectivity index (χ0) is 58.2. The molecular formula is C59H63BBrN9O10. The summed E-state index contributed by atoms with van der Waals surface area (Å²) in [6, 6.07) is 32.8. The number of nitrogen functional groups attached to an aromatic ring is 1. The van der Waals surface area contributed by atoms with Crippen LogP contribution in [-0.4, -0.2) is 97.5 Å². The molecule has 9 rings (SSSR count). The Morgan fingerprint density at radius 3 is 1.71 bits per heavy atom. The first-order chi connectivity index (χ1) is 37.8. The molecule has 19 nitrogen and oxygen atoms in total. The van der Waals surface area contributed by atoms with Gasteiger partial charge in [0.15, 0.2) is 11.6 Å². The highest BCUT2D eigenvalue weighted by Gasteiger charge is 2.51. The second-order valence-corrected chi connectivity index (χ2v) is 22.0. The first kappa shape index (κ1) is 59.3. The van der Waals surface area contributed by atoms with Crippen LogP contribution in [0.25, 0.3) is 32.9 Å². The quantitative estimate of drug-likeness (QED) is 0.0955. The van der Waals surface area contributed by atoms with Crippen molar-refractivity contribution in [3.05, 3.63) is 156 Å². The lowest BCUT2D eigenvalue weighted by Crippen LogP contribution is -2.44. The molecule has 3 amide bonds. The number of amides is 3. The van der Waals surface area contributed by atoms with E-state index >= 15 is 0 Å². The molecule has 4 aromatic carbocycles. The lowest BCUT2D eigenvalue weighted by molar-refractivity contribution is 0.00578. The molecule has 0 aliphatic carbocycles.